The first kappa shape index (κ1) is 19.3. The molecule has 0 aromatic carbocycles. The zero-order valence-corrected chi connectivity index (χ0v) is 16.0. The van der Waals surface area contributed by atoms with Crippen LogP contribution in [0.3, 0.4) is 0 Å². The van der Waals surface area contributed by atoms with Crippen molar-refractivity contribution in [3.63, 3.8) is 0 Å². The highest BCUT2D eigenvalue weighted by Gasteiger charge is 2.48. The lowest BCUT2D eigenvalue weighted by molar-refractivity contribution is -0.149. The highest BCUT2D eigenvalue weighted by atomic mass is 16.5. The van der Waals surface area contributed by atoms with E-state index in [4.69, 9.17) is 4.74 Å². The number of rotatable bonds is 5. The van der Waals surface area contributed by atoms with Crippen LogP contribution < -0.4 is 0 Å². The van der Waals surface area contributed by atoms with Gasteiger partial charge in [0.2, 0.25) is 11.8 Å². The van der Waals surface area contributed by atoms with Gasteiger partial charge in [0.05, 0.1) is 18.1 Å². The van der Waals surface area contributed by atoms with E-state index in [1.807, 2.05) is 6.92 Å². The Hall–Kier alpha value is -1.43. The van der Waals surface area contributed by atoms with Crippen molar-refractivity contribution in [3.8, 4) is 0 Å². The molecule has 146 valence electrons. The molecule has 6 heteroatoms. The van der Waals surface area contributed by atoms with Gasteiger partial charge in [-0.3, -0.25) is 19.3 Å². The summed E-state index contributed by atoms with van der Waals surface area (Å²) in [4.78, 5) is 41.0. The Bertz CT molecular complexity index is 542. The van der Waals surface area contributed by atoms with E-state index in [1.54, 1.807) is 4.90 Å². The molecular weight excluding hydrogens is 332 g/mol. The fourth-order valence-electron chi connectivity index (χ4n) is 4.99. The maximum absolute atomic E-state index is 12.9. The Morgan fingerprint density at radius 3 is 2.65 bits per heavy atom. The average Bonchev–Trinajstić information content (AvgIpc) is 2.96. The van der Waals surface area contributed by atoms with Crippen LogP contribution in [0.5, 0.6) is 0 Å². The molecule has 2 heterocycles. The van der Waals surface area contributed by atoms with Crippen molar-refractivity contribution in [3.05, 3.63) is 0 Å². The van der Waals surface area contributed by atoms with Gasteiger partial charge < -0.3 is 9.64 Å². The van der Waals surface area contributed by atoms with Crippen LogP contribution in [-0.2, 0) is 19.1 Å². The molecular formula is C20H32N2O4. The molecule has 6 nitrogen and oxygen atoms in total. The summed E-state index contributed by atoms with van der Waals surface area (Å²) in [5.41, 5.74) is -0.193. The second-order valence-electron chi connectivity index (χ2n) is 8.05. The zero-order chi connectivity index (χ0) is 18.6. The lowest BCUT2D eigenvalue weighted by Gasteiger charge is -2.40. The van der Waals surface area contributed by atoms with Crippen LogP contribution in [0.2, 0.25) is 0 Å². The van der Waals surface area contributed by atoms with Crippen molar-refractivity contribution in [2.24, 2.45) is 5.92 Å². The normalized spacial score (nSPS) is 26.3. The number of piperidine rings is 1. The van der Waals surface area contributed by atoms with Gasteiger partial charge in [-0.25, -0.2) is 0 Å². The Labute approximate surface area is 156 Å². The lowest BCUT2D eigenvalue weighted by atomic mass is 9.79. The minimum Gasteiger partial charge on any atom is -0.466 e. The first-order chi connectivity index (χ1) is 12.6. The summed E-state index contributed by atoms with van der Waals surface area (Å²) in [5, 5.41) is 0. The number of amides is 2. The smallest absolute Gasteiger partial charge is 0.310 e. The van der Waals surface area contributed by atoms with Crippen LogP contribution in [0, 0.1) is 5.92 Å². The van der Waals surface area contributed by atoms with Crippen molar-refractivity contribution in [2.75, 3.05) is 26.2 Å². The molecule has 0 aromatic heterocycles. The summed E-state index contributed by atoms with van der Waals surface area (Å²) in [6.07, 6.45) is 8.91. The predicted molar refractivity (Wildman–Crippen MR) is 97.3 cm³/mol. The van der Waals surface area contributed by atoms with Crippen molar-refractivity contribution in [1.29, 1.82) is 0 Å². The molecule has 0 aromatic rings. The summed E-state index contributed by atoms with van der Waals surface area (Å²) >= 11 is 0. The van der Waals surface area contributed by atoms with E-state index >= 15 is 0 Å². The number of hydrogen-bond acceptors (Lipinski definition) is 5. The molecule has 1 saturated carbocycles. The van der Waals surface area contributed by atoms with E-state index in [0.717, 1.165) is 51.5 Å². The number of carbonyl (C=O) groups excluding carboxylic acids is 3. The van der Waals surface area contributed by atoms with Crippen LogP contribution in [0.1, 0.15) is 71.1 Å². The van der Waals surface area contributed by atoms with Gasteiger partial charge in [0.15, 0.2) is 0 Å². The number of likely N-dealkylation sites (tertiary alicyclic amines) is 2. The van der Waals surface area contributed by atoms with Gasteiger partial charge in [0.1, 0.15) is 0 Å². The van der Waals surface area contributed by atoms with Gasteiger partial charge in [-0.2, -0.15) is 0 Å². The van der Waals surface area contributed by atoms with Gasteiger partial charge in [0.25, 0.3) is 0 Å². The third-order valence-electron chi connectivity index (χ3n) is 6.33. The SMILES string of the molecule is CCOC(=O)C1CCCN(CCC(=O)N2C(=O)CCC23CCCCC3)C1. The number of nitrogens with zero attached hydrogens (tertiary/aromatic N) is 2. The van der Waals surface area contributed by atoms with E-state index in [1.165, 1.54) is 6.42 Å². The molecule has 1 spiro atoms. The molecule has 0 N–H and O–H groups in total. The fourth-order valence-corrected chi connectivity index (χ4v) is 4.99. The Balaban J connectivity index is 1.54. The van der Waals surface area contributed by atoms with Crippen LogP contribution in [0.15, 0.2) is 0 Å². The summed E-state index contributed by atoms with van der Waals surface area (Å²) in [7, 11) is 0. The minimum atomic E-state index is -0.193. The second-order valence-corrected chi connectivity index (χ2v) is 8.05. The van der Waals surface area contributed by atoms with Crippen molar-refractivity contribution in [2.45, 2.75) is 76.7 Å². The largest absolute Gasteiger partial charge is 0.466 e. The van der Waals surface area contributed by atoms with Crippen LogP contribution in [0.25, 0.3) is 0 Å². The van der Waals surface area contributed by atoms with Crippen molar-refractivity contribution in [1.82, 2.24) is 9.80 Å². The van der Waals surface area contributed by atoms with E-state index in [9.17, 15) is 14.4 Å². The molecule has 2 amide bonds. The van der Waals surface area contributed by atoms with Crippen molar-refractivity contribution >= 4 is 17.8 Å². The van der Waals surface area contributed by atoms with E-state index < -0.39 is 0 Å². The molecule has 0 radical (unpaired) electrons. The molecule has 1 atom stereocenters. The van der Waals surface area contributed by atoms with E-state index in [2.05, 4.69) is 4.90 Å². The van der Waals surface area contributed by atoms with E-state index in [-0.39, 0.29) is 29.2 Å². The standard InChI is InChI=1S/C20H32N2O4/c1-2-26-19(25)16-7-6-13-21(15-16)14-9-18(24)22-17(23)8-12-20(22)10-4-3-5-11-20/h16H,2-15H2,1H3. The molecule has 1 aliphatic carbocycles. The van der Waals surface area contributed by atoms with E-state index in [0.29, 0.717) is 32.5 Å². The molecule has 1 unspecified atom stereocenters. The first-order valence-corrected chi connectivity index (χ1v) is 10.3. The number of ether oxygens (including phenoxy) is 1. The quantitative estimate of drug-likeness (QED) is 0.701. The maximum Gasteiger partial charge on any atom is 0.310 e. The van der Waals surface area contributed by atoms with Gasteiger partial charge in [-0.1, -0.05) is 19.3 Å². The summed E-state index contributed by atoms with van der Waals surface area (Å²) in [5.74, 6) is -0.219. The molecule has 2 aliphatic heterocycles. The van der Waals surface area contributed by atoms with Crippen LogP contribution >= 0.6 is 0 Å². The van der Waals surface area contributed by atoms with Gasteiger partial charge >= 0.3 is 5.97 Å². The van der Waals surface area contributed by atoms with Gasteiger partial charge in [-0.15, -0.1) is 0 Å². The maximum atomic E-state index is 12.9. The topological polar surface area (TPSA) is 66.9 Å². The molecule has 3 fully saturated rings. The molecule has 26 heavy (non-hydrogen) atoms. The highest BCUT2D eigenvalue weighted by molar-refractivity contribution is 5.98. The number of carbonyl (C=O) groups is 3. The van der Waals surface area contributed by atoms with Crippen LogP contribution in [0.4, 0.5) is 0 Å². The Morgan fingerprint density at radius 2 is 1.92 bits per heavy atom. The molecule has 3 aliphatic rings. The molecule has 2 saturated heterocycles. The molecule has 0 bridgehead atoms. The zero-order valence-electron chi connectivity index (χ0n) is 16.0. The molecule has 3 rings (SSSR count). The Kier molecular flexibility index (Phi) is 6.33. The third-order valence-corrected chi connectivity index (χ3v) is 6.33. The predicted octanol–water partition coefficient (Wildman–Crippen LogP) is 2.50. The lowest BCUT2D eigenvalue weighted by Crippen LogP contribution is -2.51. The van der Waals surface area contributed by atoms with Crippen LogP contribution in [-0.4, -0.2) is 59.4 Å². The Morgan fingerprint density at radius 1 is 1.15 bits per heavy atom. The average molecular weight is 364 g/mol. The highest BCUT2D eigenvalue weighted by Crippen LogP contribution is 2.42. The van der Waals surface area contributed by atoms with Crippen molar-refractivity contribution < 1.29 is 19.1 Å². The first-order valence-electron chi connectivity index (χ1n) is 10.3. The second kappa shape index (κ2) is 8.51. The monoisotopic (exact) mass is 364 g/mol. The minimum absolute atomic E-state index is 0.0138. The number of esters is 1. The third kappa shape index (κ3) is 4.11. The fraction of sp³-hybridized carbons (Fsp3) is 0.850. The number of imide groups is 1. The number of hydrogen-bond donors (Lipinski definition) is 0. The summed E-state index contributed by atoms with van der Waals surface area (Å²) in [6.45, 7) is 4.42. The summed E-state index contributed by atoms with van der Waals surface area (Å²) in [6, 6.07) is 0. The van der Waals surface area contributed by atoms with Gasteiger partial charge in [-0.05, 0) is 45.6 Å². The summed E-state index contributed by atoms with van der Waals surface area (Å²) < 4.78 is 5.14. The van der Waals surface area contributed by atoms with Gasteiger partial charge in [0, 0.05) is 25.9 Å².